The Morgan fingerprint density at radius 2 is 1.44 bits per heavy atom. The van der Waals surface area contributed by atoms with E-state index in [1.54, 1.807) is 0 Å². The van der Waals surface area contributed by atoms with Gasteiger partial charge in [-0.05, 0) is 24.3 Å². The summed E-state index contributed by atoms with van der Waals surface area (Å²) < 4.78 is 0. The van der Waals surface area contributed by atoms with Crippen LogP contribution in [-0.4, -0.2) is 13.1 Å². The summed E-state index contributed by atoms with van der Waals surface area (Å²) in [6, 6.07) is 0. The standard InChI is InChI=1S/C17H37N/c1-6-7-8-9-10-11-12-13-17(4,5)15-18-14-16(2)3/h16,18H,6-15H2,1-5H3. The molecule has 0 fully saturated rings. The van der Waals surface area contributed by atoms with E-state index < -0.39 is 0 Å². The summed E-state index contributed by atoms with van der Waals surface area (Å²) in [6.45, 7) is 14.0. The Hall–Kier alpha value is -0.0400. The molecule has 0 aromatic carbocycles. The molecule has 0 amide bonds. The SMILES string of the molecule is CCCCCCCCCC(C)(C)CNCC(C)C. The summed E-state index contributed by atoms with van der Waals surface area (Å²) in [7, 11) is 0. The smallest absolute Gasteiger partial charge is 0.000263 e. The van der Waals surface area contributed by atoms with Gasteiger partial charge in [-0.15, -0.1) is 0 Å². The first-order chi connectivity index (χ1) is 8.48. The first kappa shape index (κ1) is 18.0. The van der Waals surface area contributed by atoms with E-state index in [0.717, 1.165) is 12.5 Å². The Balaban J connectivity index is 3.40. The summed E-state index contributed by atoms with van der Waals surface area (Å²) in [6.07, 6.45) is 11.3. The molecule has 0 radical (unpaired) electrons. The van der Waals surface area contributed by atoms with Crippen molar-refractivity contribution in [1.82, 2.24) is 5.32 Å². The molecule has 0 spiro atoms. The van der Waals surface area contributed by atoms with Crippen LogP contribution in [-0.2, 0) is 0 Å². The molecule has 0 saturated heterocycles. The fourth-order valence-electron chi connectivity index (χ4n) is 2.35. The summed E-state index contributed by atoms with van der Waals surface area (Å²) in [4.78, 5) is 0. The van der Waals surface area contributed by atoms with Crippen LogP contribution >= 0.6 is 0 Å². The molecule has 0 aromatic rings. The minimum absolute atomic E-state index is 0.471. The normalized spacial score (nSPS) is 12.3. The molecule has 1 nitrogen and oxygen atoms in total. The van der Waals surface area contributed by atoms with Crippen LogP contribution in [0.25, 0.3) is 0 Å². The zero-order valence-electron chi connectivity index (χ0n) is 13.6. The van der Waals surface area contributed by atoms with Gasteiger partial charge in [0.25, 0.3) is 0 Å². The molecule has 0 aliphatic rings. The number of hydrogen-bond donors (Lipinski definition) is 1. The molecule has 1 N–H and O–H groups in total. The molecule has 1 heteroatoms. The molecule has 0 aromatic heterocycles. The van der Waals surface area contributed by atoms with E-state index in [0.29, 0.717) is 5.41 Å². The topological polar surface area (TPSA) is 12.0 Å². The number of hydrogen-bond acceptors (Lipinski definition) is 1. The van der Waals surface area contributed by atoms with Crippen molar-refractivity contribution in [3.63, 3.8) is 0 Å². The zero-order chi connectivity index (χ0) is 13.9. The van der Waals surface area contributed by atoms with Crippen molar-refractivity contribution in [2.75, 3.05) is 13.1 Å². The van der Waals surface area contributed by atoms with E-state index >= 15 is 0 Å². The van der Waals surface area contributed by atoms with Crippen molar-refractivity contribution in [2.24, 2.45) is 11.3 Å². The van der Waals surface area contributed by atoms with Gasteiger partial charge in [-0.25, -0.2) is 0 Å². The molecule has 0 heterocycles. The third kappa shape index (κ3) is 12.4. The minimum atomic E-state index is 0.471. The fraction of sp³-hybridized carbons (Fsp3) is 1.00. The van der Waals surface area contributed by atoms with Gasteiger partial charge in [-0.2, -0.15) is 0 Å². The third-order valence-electron chi connectivity index (χ3n) is 3.61. The molecule has 0 aliphatic heterocycles. The van der Waals surface area contributed by atoms with Gasteiger partial charge in [0, 0.05) is 6.54 Å². The number of unbranched alkanes of at least 4 members (excludes halogenated alkanes) is 6. The molecule has 0 rings (SSSR count). The fourth-order valence-corrected chi connectivity index (χ4v) is 2.35. The molecule has 0 bridgehead atoms. The first-order valence-corrected chi connectivity index (χ1v) is 8.18. The monoisotopic (exact) mass is 255 g/mol. The van der Waals surface area contributed by atoms with E-state index in [1.807, 2.05) is 0 Å². The van der Waals surface area contributed by atoms with Crippen LogP contribution < -0.4 is 5.32 Å². The lowest BCUT2D eigenvalue weighted by Crippen LogP contribution is -2.31. The molecular weight excluding hydrogens is 218 g/mol. The Morgan fingerprint density at radius 1 is 0.889 bits per heavy atom. The Labute approximate surface area is 116 Å². The number of rotatable bonds is 12. The van der Waals surface area contributed by atoms with Crippen LogP contribution in [0.5, 0.6) is 0 Å². The van der Waals surface area contributed by atoms with Crippen molar-refractivity contribution in [3.05, 3.63) is 0 Å². The van der Waals surface area contributed by atoms with Crippen molar-refractivity contribution in [2.45, 2.75) is 86.0 Å². The lowest BCUT2D eigenvalue weighted by molar-refractivity contribution is 0.296. The maximum atomic E-state index is 3.59. The quantitative estimate of drug-likeness (QED) is 0.460. The molecule has 0 aliphatic carbocycles. The lowest BCUT2D eigenvalue weighted by Gasteiger charge is -2.25. The highest BCUT2D eigenvalue weighted by Gasteiger charge is 2.16. The second-order valence-electron chi connectivity index (χ2n) is 7.06. The van der Waals surface area contributed by atoms with Crippen molar-refractivity contribution < 1.29 is 0 Å². The van der Waals surface area contributed by atoms with Gasteiger partial charge in [-0.3, -0.25) is 0 Å². The molecule has 0 atom stereocenters. The molecule has 0 saturated carbocycles. The maximum Gasteiger partial charge on any atom is 0.000263 e. The second kappa shape index (κ2) is 10.8. The van der Waals surface area contributed by atoms with Crippen LogP contribution in [0.4, 0.5) is 0 Å². The summed E-state index contributed by atoms with van der Waals surface area (Å²) in [5.41, 5.74) is 0.471. The minimum Gasteiger partial charge on any atom is -0.316 e. The van der Waals surface area contributed by atoms with E-state index in [9.17, 15) is 0 Å². The average Bonchev–Trinajstić information content (AvgIpc) is 2.27. The molecule has 18 heavy (non-hydrogen) atoms. The largest absolute Gasteiger partial charge is 0.316 e. The van der Waals surface area contributed by atoms with E-state index in [4.69, 9.17) is 0 Å². The van der Waals surface area contributed by atoms with Gasteiger partial charge in [-0.1, -0.05) is 79.6 Å². The van der Waals surface area contributed by atoms with Crippen LogP contribution in [0.1, 0.15) is 86.0 Å². The van der Waals surface area contributed by atoms with E-state index in [-0.39, 0.29) is 0 Å². The summed E-state index contributed by atoms with van der Waals surface area (Å²) >= 11 is 0. The summed E-state index contributed by atoms with van der Waals surface area (Å²) in [5, 5.41) is 3.59. The van der Waals surface area contributed by atoms with Crippen molar-refractivity contribution in [1.29, 1.82) is 0 Å². The van der Waals surface area contributed by atoms with Crippen LogP contribution in [0.2, 0.25) is 0 Å². The van der Waals surface area contributed by atoms with Gasteiger partial charge in [0.05, 0.1) is 0 Å². The highest BCUT2D eigenvalue weighted by molar-refractivity contribution is 4.71. The highest BCUT2D eigenvalue weighted by atomic mass is 14.9. The predicted molar refractivity (Wildman–Crippen MR) is 84.1 cm³/mol. The zero-order valence-corrected chi connectivity index (χ0v) is 13.6. The van der Waals surface area contributed by atoms with Gasteiger partial charge >= 0.3 is 0 Å². The van der Waals surface area contributed by atoms with E-state index in [2.05, 4.69) is 39.9 Å². The van der Waals surface area contributed by atoms with Gasteiger partial charge < -0.3 is 5.32 Å². The third-order valence-corrected chi connectivity index (χ3v) is 3.61. The number of nitrogens with one attached hydrogen (secondary N) is 1. The Kier molecular flexibility index (Phi) is 10.8. The second-order valence-corrected chi connectivity index (χ2v) is 7.06. The van der Waals surface area contributed by atoms with E-state index in [1.165, 1.54) is 57.9 Å². The summed E-state index contributed by atoms with van der Waals surface area (Å²) in [5.74, 6) is 0.763. The lowest BCUT2D eigenvalue weighted by atomic mass is 9.86. The van der Waals surface area contributed by atoms with Crippen LogP contribution in [0.15, 0.2) is 0 Å². The Bertz CT molecular complexity index is 172. The highest BCUT2D eigenvalue weighted by Crippen LogP contribution is 2.23. The van der Waals surface area contributed by atoms with Gasteiger partial charge in [0.1, 0.15) is 0 Å². The average molecular weight is 255 g/mol. The molecule has 0 unspecified atom stereocenters. The Morgan fingerprint density at radius 3 is 2.00 bits per heavy atom. The molecular formula is C17H37N. The van der Waals surface area contributed by atoms with Gasteiger partial charge in [0.2, 0.25) is 0 Å². The first-order valence-electron chi connectivity index (χ1n) is 8.18. The predicted octanol–water partition coefficient (Wildman–Crippen LogP) is 5.40. The maximum absolute atomic E-state index is 3.59. The molecule has 110 valence electrons. The van der Waals surface area contributed by atoms with Gasteiger partial charge in [0.15, 0.2) is 0 Å². The van der Waals surface area contributed by atoms with Crippen LogP contribution in [0, 0.1) is 11.3 Å². The van der Waals surface area contributed by atoms with Crippen molar-refractivity contribution >= 4 is 0 Å². The van der Waals surface area contributed by atoms with Crippen LogP contribution in [0.3, 0.4) is 0 Å². The van der Waals surface area contributed by atoms with Crippen molar-refractivity contribution in [3.8, 4) is 0 Å².